The molecule has 1 saturated heterocycles. The number of rotatable bonds is 3. The van der Waals surface area contributed by atoms with Crippen molar-refractivity contribution in [2.24, 2.45) is 0 Å². The van der Waals surface area contributed by atoms with E-state index in [9.17, 15) is 13.5 Å². The fourth-order valence-corrected chi connectivity index (χ4v) is 3.21. The molecule has 4 nitrogen and oxygen atoms in total. The van der Waals surface area contributed by atoms with E-state index in [2.05, 4.69) is 5.32 Å². The molecular formula is C13H19NO3S. The van der Waals surface area contributed by atoms with Crippen LogP contribution in [0.2, 0.25) is 0 Å². The van der Waals surface area contributed by atoms with Crippen molar-refractivity contribution in [2.45, 2.75) is 36.0 Å². The predicted octanol–water partition coefficient (Wildman–Crippen LogP) is 1.05. The van der Waals surface area contributed by atoms with Gasteiger partial charge in [0.05, 0.1) is 10.1 Å². The molecule has 1 aliphatic heterocycles. The fraction of sp³-hybridized carbons (Fsp3) is 0.538. The number of nitrogens with one attached hydrogen (secondary N) is 1. The number of β-amino-alcohol motifs (C(OH)–C–C–N with tert-alkyl or cyclic N) is 1. The highest BCUT2D eigenvalue weighted by atomic mass is 32.2. The van der Waals surface area contributed by atoms with Crippen molar-refractivity contribution in [3.63, 3.8) is 0 Å². The van der Waals surface area contributed by atoms with Gasteiger partial charge in [-0.15, -0.1) is 0 Å². The maximum atomic E-state index is 12.0. The lowest BCUT2D eigenvalue weighted by Crippen LogP contribution is -2.28. The molecule has 1 aliphatic rings. The lowest BCUT2D eigenvalue weighted by atomic mass is 9.93. The van der Waals surface area contributed by atoms with E-state index in [0.29, 0.717) is 17.9 Å². The van der Waals surface area contributed by atoms with Crippen LogP contribution in [0.25, 0.3) is 0 Å². The molecule has 0 saturated carbocycles. The zero-order valence-electron chi connectivity index (χ0n) is 10.7. The van der Waals surface area contributed by atoms with Crippen molar-refractivity contribution < 1.29 is 13.5 Å². The Kier molecular flexibility index (Phi) is 3.49. The van der Waals surface area contributed by atoms with Crippen LogP contribution in [0.15, 0.2) is 29.2 Å². The van der Waals surface area contributed by atoms with Crippen molar-refractivity contribution in [2.75, 3.05) is 13.1 Å². The highest BCUT2D eigenvalue weighted by Gasteiger charge is 2.33. The second-order valence-electron chi connectivity index (χ2n) is 5.08. The van der Waals surface area contributed by atoms with Crippen LogP contribution in [0.5, 0.6) is 0 Å². The van der Waals surface area contributed by atoms with Crippen LogP contribution in [0.1, 0.15) is 25.8 Å². The molecule has 0 radical (unpaired) electrons. The van der Waals surface area contributed by atoms with Crippen molar-refractivity contribution in [1.82, 2.24) is 5.32 Å². The summed E-state index contributed by atoms with van der Waals surface area (Å²) < 4.78 is 23.9. The molecule has 0 amide bonds. The average molecular weight is 269 g/mol. The molecular weight excluding hydrogens is 250 g/mol. The maximum absolute atomic E-state index is 12.0. The molecule has 100 valence electrons. The zero-order valence-corrected chi connectivity index (χ0v) is 11.5. The lowest BCUT2D eigenvalue weighted by molar-refractivity contribution is 0.0587. The minimum Gasteiger partial charge on any atom is -0.384 e. The van der Waals surface area contributed by atoms with Gasteiger partial charge in [0.2, 0.25) is 0 Å². The number of benzene rings is 1. The number of hydrogen-bond acceptors (Lipinski definition) is 4. The Hall–Kier alpha value is -0.910. The van der Waals surface area contributed by atoms with Crippen LogP contribution in [-0.2, 0) is 15.4 Å². The van der Waals surface area contributed by atoms with E-state index < -0.39 is 20.7 Å². The van der Waals surface area contributed by atoms with Gasteiger partial charge in [0.1, 0.15) is 5.60 Å². The SMILES string of the molecule is CC(C)S(=O)(=O)c1ccc(C2(O)CCNC2)cc1. The van der Waals surface area contributed by atoms with Crippen LogP contribution in [-0.4, -0.2) is 31.9 Å². The Balaban J connectivity index is 2.31. The van der Waals surface area contributed by atoms with Gasteiger partial charge in [-0.05, 0) is 44.5 Å². The summed E-state index contributed by atoms with van der Waals surface area (Å²) in [7, 11) is -3.23. The molecule has 2 rings (SSSR count). The summed E-state index contributed by atoms with van der Waals surface area (Å²) in [6.45, 7) is 4.63. The first kappa shape index (κ1) is 13.5. The van der Waals surface area contributed by atoms with Crippen LogP contribution < -0.4 is 5.32 Å². The number of hydrogen-bond donors (Lipinski definition) is 2. The van der Waals surface area contributed by atoms with Gasteiger partial charge >= 0.3 is 0 Å². The summed E-state index contributed by atoms with van der Waals surface area (Å²) in [4.78, 5) is 0.316. The summed E-state index contributed by atoms with van der Waals surface area (Å²) in [5.41, 5.74) is -0.0877. The summed E-state index contributed by atoms with van der Waals surface area (Å²) in [6, 6.07) is 6.59. The summed E-state index contributed by atoms with van der Waals surface area (Å²) in [5.74, 6) is 0. The van der Waals surface area contributed by atoms with Crippen molar-refractivity contribution >= 4 is 9.84 Å². The molecule has 0 aliphatic carbocycles. The predicted molar refractivity (Wildman–Crippen MR) is 70.1 cm³/mol. The molecule has 0 spiro atoms. The fourth-order valence-electron chi connectivity index (χ4n) is 2.15. The minimum absolute atomic E-state index is 0.316. The lowest BCUT2D eigenvalue weighted by Gasteiger charge is -2.22. The van der Waals surface area contributed by atoms with Crippen molar-refractivity contribution in [3.05, 3.63) is 29.8 Å². The second kappa shape index (κ2) is 4.64. The van der Waals surface area contributed by atoms with E-state index in [4.69, 9.17) is 0 Å². The Morgan fingerprint density at radius 1 is 1.28 bits per heavy atom. The molecule has 0 aromatic heterocycles. The van der Waals surface area contributed by atoms with E-state index >= 15 is 0 Å². The average Bonchev–Trinajstić information content (AvgIpc) is 2.77. The maximum Gasteiger partial charge on any atom is 0.180 e. The van der Waals surface area contributed by atoms with Crippen LogP contribution in [0.4, 0.5) is 0 Å². The highest BCUT2D eigenvalue weighted by Crippen LogP contribution is 2.28. The molecule has 1 unspecified atom stereocenters. The van der Waals surface area contributed by atoms with Crippen LogP contribution >= 0.6 is 0 Å². The van der Waals surface area contributed by atoms with Gasteiger partial charge in [0.25, 0.3) is 0 Å². The first-order valence-corrected chi connectivity index (χ1v) is 7.68. The van der Waals surface area contributed by atoms with Crippen molar-refractivity contribution in [1.29, 1.82) is 0 Å². The molecule has 1 atom stereocenters. The minimum atomic E-state index is -3.23. The molecule has 5 heteroatoms. The van der Waals surface area contributed by atoms with Crippen LogP contribution in [0, 0.1) is 0 Å². The van der Waals surface area contributed by atoms with Gasteiger partial charge in [-0.2, -0.15) is 0 Å². The summed E-state index contributed by atoms with van der Waals surface area (Å²) in [6.07, 6.45) is 0.656. The van der Waals surface area contributed by atoms with E-state index in [0.717, 1.165) is 12.1 Å². The summed E-state index contributed by atoms with van der Waals surface area (Å²) in [5, 5.41) is 13.0. The largest absolute Gasteiger partial charge is 0.384 e. The van der Waals surface area contributed by atoms with Crippen molar-refractivity contribution in [3.8, 4) is 0 Å². The van der Waals surface area contributed by atoms with E-state index in [-0.39, 0.29) is 0 Å². The van der Waals surface area contributed by atoms with E-state index in [1.807, 2.05) is 0 Å². The smallest absolute Gasteiger partial charge is 0.180 e. The quantitative estimate of drug-likeness (QED) is 0.861. The standard InChI is InChI=1S/C13H19NO3S/c1-10(2)18(16,17)12-5-3-11(4-6-12)13(15)7-8-14-9-13/h3-6,10,14-15H,7-9H2,1-2H3. The molecule has 1 fully saturated rings. The van der Waals surface area contributed by atoms with Gasteiger partial charge in [-0.1, -0.05) is 12.1 Å². The summed E-state index contributed by atoms with van der Waals surface area (Å²) >= 11 is 0. The van der Waals surface area contributed by atoms with Crippen LogP contribution in [0.3, 0.4) is 0 Å². The van der Waals surface area contributed by atoms with Gasteiger partial charge in [-0.25, -0.2) is 8.42 Å². The normalized spacial score (nSPS) is 24.7. The van der Waals surface area contributed by atoms with Gasteiger partial charge in [0.15, 0.2) is 9.84 Å². The molecule has 1 aromatic carbocycles. The molecule has 0 bridgehead atoms. The Bertz CT molecular complexity index is 514. The van der Waals surface area contributed by atoms with Gasteiger partial charge in [0, 0.05) is 6.54 Å². The number of sulfone groups is 1. The molecule has 18 heavy (non-hydrogen) atoms. The Labute approximate surface area is 108 Å². The molecule has 2 N–H and O–H groups in total. The third-order valence-electron chi connectivity index (χ3n) is 3.47. The third kappa shape index (κ3) is 2.30. The second-order valence-corrected chi connectivity index (χ2v) is 7.58. The monoisotopic (exact) mass is 269 g/mol. The molecule has 1 heterocycles. The highest BCUT2D eigenvalue weighted by molar-refractivity contribution is 7.92. The Morgan fingerprint density at radius 3 is 2.33 bits per heavy atom. The topological polar surface area (TPSA) is 66.4 Å². The first-order valence-electron chi connectivity index (χ1n) is 6.14. The Morgan fingerprint density at radius 2 is 1.89 bits per heavy atom. The molecule has 1 aromatic rings. The van der Waals surface area contributed by atoms with Gasteiger partial charge in [-0.3, -0.25) is 0 Å². The van der Waals surface area contributed by atoms with Gasteiger partial charge < -0.3 is 10.4 Å². The van der Waals surface area contributed by atoms with E-state index in [1.54, 1.807) is 38.1 Å². The van der Waals surface area contributed by atoms with E-state index in [1.165, 1.54) is 0 Å². The third-order valence-corrected chi connectivity index (χ3v) is 5.64. The number of aliphatic hydroxyl groups is 1. The first-order chi connectivity index (χ1) is 8.36. The zero-order chi connectivity index (χ0) is 13.4.